The largest absolute Gasteiger partial charge is 0.506 e. The minimum Gasteiger partial charge on any atom is -0.506 e. The number of hydrogen-bond acceptors (Lipinski definition) is 3. The van der Waals surface area contributed by atoms with Gasteiger partial charge < -0.3 is 10.2 Å². The van der Waals surface area contributed by atoms with Gasteiger partial charge in [0.15, 0.2) is 0 Å². The van der Waals surface area contributed by atoms with E-state index >= 15 is 0 Å². The molecule has 0 radical (unpaired) electrons. The van der Waals surface area contributed by atoms with Gasteiger partial charge in [0.2, 0.25) is 0 Å². The van der Waals surface area contributed by atoms with Crippen LogP contribution in [-0.4, -0.2) is 10.2 Å². The summed E-state index contributed by atoms with van der Waals surface area (Å²) in [5.41, 5.74) is 0.753. The number of fused-ring (bicyclic) bond motifs is 1. The van der Waals surface area contributed by atoms with E-state index in [2.05, 4.69) is 0 Å². The predicted octanol–water partition coefficient (Wildman–Crippen LogP) is 2.41. The van der Waals surface area contributed by atoms with Gasteiger partial charge in [-0.15, -0.1) is 11.3 Å². The average molecular weight is 194 g/mol. The van der Waals surface area contributed by atoms with Crippen molar-refractivity contribution in [1.82, 2.24) is 0 Å². The fourth-order valence-electron chi connectivity index (χ4n) is 1.42. The molecule has 2 rings (SSSR count). The highest BCUT2D eigenvalue weighted by Gasteiger charge is 2.05. The lowest BCUT2D eigenvalue weighted by molar-refractivity contribution is 0.281. The van der Waals surface area contributed by atoms with Crippen molar-refractivity contribution in [3.63, 3.8) is 0 Å². The summed E-state index contributed by atoms with van der Waals surface area (Å²) in [4.78, 5) is 1.17. The normalized spacial score (nSPS) is 10.9. The minimum absolute atomic E-state index is 0.0294. The first-order chi connectivity index (χ1) is 6.20. The summed E-state index contributed by atoms with van der Waals surface area (Å²) in [6, 6.07) is 5.52. The first-order valence-electron chi connectivity index (χ1n) is 4.03. The lowest BCUT2D eigenvalue weighted by atomic mass is 10.1. The summed E-state index contributed by atoms with van der Waals surface area (Å²) in [6.45, 7) is 1.97. The molecule has 0 spiro atoms. The van der Waals surface area contributed by atoms with E-state index in [1.54, 1.807) is 17.4 Å². The van der Waals surface area contributed by atoms with Crippen LogP contribution >= 0.6 is 11.3 Å². The molecule has 2 aromatic rings. The van der Waals surface area contributed by atoms with Crippen molar-refractivity contribution in [2.45, 2.75) is 13.5 Å². The summed E-state index contributed by atoms with van der Waals surface area (Å²) < 4.78 is 0.898. The second kappa shape index (κ2) is 3.01. The standard InChI is InChI=1S/C10H10O2S/c1-6-2-8-3-7(5-11)4-9(12)10(8)13-6/h2-4,11-12H,5H2,1H3. The third kappa shape index (κ3) is 1.41. The number of benzene rings is 1. The summed E-state index contributed by atoms with van der Waals surface area (Å²) in [7, 11) is 0. The van der Waals surface area contributed by atoms with Crippen molar-refractivity contribution in [3.05, 3.63) is 28.6 Å². The molecule has 1 heterocycles. The van der Waals surface area contributed by atoms with E-state index in [1.165, 1.54) is 4.88 Å². The van der Waals surface area contributed by atoms with Crippen LogP contribution in [0.1, 0.15) is 10.4 Å². The van der Waals surface area contributed by atoms with E-state index < -0.39 is 0 Å². The molecule has 0 unspecified atom stereocenters. The SMILES string of the molecule is Cc1cc2cc(CO)cc(O)c2s1. The van der Waals surface area contributed by atoms with Crippen molar-refractivity contribution < 1.29 is 10.2 Å². The maximum Gasteiger partial charge on any atom is 0.133 e. The molecule has 13 heavy (non-hydrogen) atoms. The Morgan fingerprint density at radius 2 is 2.08 bits per heavy atom. The van der Waals surface area contributed by atoms with Crippen LogP contribution in [0.4, 0.5) is 0 Å². The molecule has 0 amide bonds. The number of aryl methyl sites for hydroxylation is 1. The van der Waals surface area contributed by atoms with E-state index in [1.807, 2.05) is 19.1 Å². The molecule has 0 aliphatic carbocycles. The fraction of sp³-hybridized carbons (Fsp3) is 0.200. The van der Waals surface area contributed by atoms with Crippen LogP contribution in [0.3, 0.4) is 0 Å². The van der Waals surface area contributed by atoms with Crippen LogP contribution in [0.15, 0.2) is 18.2 Å². The first kappa shape index (κ1) is 8.53. The zero-order chi connectivity index (χ0) is 9.42. The molecular weight excluding hydrogens is 184 g/mol. The topological polar surface area (TPSA) is 40.5 Å². The Balaban J connectivity index is 2.75. The molecule has 68 valence electrons. The molecule has 2 N–H and O–H groups in total. The lowest BCUT2D eigenvalue weighted by Crippen LogP contribution is -1.81. The smallest absolute Gasteiger partial charge is 0.133 e. The summed E-state index contributed by atoms with van der Waals surface area (Å²) in [5, 5.41) is 19.5. The third-order valence-corrected chi connectivity index (χ3v) is 3.05. The van der Waals surface area contributed by atoms with Gasteiger partial charge in [-0.25, -0.2) is 0 Å². The number of phenols is 1. The van der Waals surface area contributed by atoms with Crippen molar-refractivity contribution in [1.29, 1.82) is 0 Å². The van der Waals surface area contributed by atoms with E-state index in [0.29, 0.717) is 0 Å². The Morgan fingerprint density at radius 3 is 2.77 bits per heavy atom. The van der Waals surface area contributed by atoms with Crippen molar-refractivity contribution >= 4 is 21.4 Å². The second-order valence-corrected chi connectivity index (χ2v) is 4.30. The van der Waals surface area contributed by atoms with Crippen molar-refractivity contribution in [2.75, 3.05) is 0 Å². The molecule has 3 heteroatoms. The van der Waals surface area contributed by atoms with Gasteiger partial charge in [0, 0.05) is 4.88 Å². The molecule has 0 atom stereocenters. The van der Waals surface area contributed by atoms with Gasteiger partial charge in [0.25, 0.3) is 0 Å². The van der Waals surface area contributed by atoms with Crippen molar-refractivity contribution in [3.8, 4) is 5.75 Å². The molecule has 0 bridgehead atoms. The van der Waals surface area contributed by atoms with Gasteiger partial charge in [-0.05, 0) is 36.1 Å². The van der Waals surface area contributed by atoms with Gasteiger partial charge >= 0.3 is 0 Å². The quantitative estimate of drug-likeness (QED) is 0.731. The van der Waals surface area contributed by atoms with E-state index in [-0.39, 0.29) is 12.4 Å². The summed E-state index contributed by atoms with van der Waals surface area (Å²) in [6.07, 6.45) is 0. The molecular formula is C10H10O2S. The van der Waals surface area contributed by atoms with Crippen LogP contribution < -0.4 is 0 Å². The predicted molar refractivity (Wildman–Crippen MR) is 54.1 cm³/mol. The van der Waals surface area contributed by atoms with Crippen LogP contribution in [0.25, 0.3) is 10.1 Å². The number of thiophene rings is 1. The molecule has 0 saturated heterocycles. The minimum atomic E-state index is -0.0294. The van der Waals surface area contributed by atoms with Gasteiger partial charge in [-0.2, -0.15) is 0 Å². The Hall–Kier alpha value is -1.06. The van der Waals surface area contributed by atoms with E-state index in [9.17, 15) is 5.11 Å². The first-order valence-corrected chi connectivity index (χ1v) is 4.85. The molecule has 1 aromatic carbocycles. The Morgan fingerprint density at radius 1 is 1.31 bits per heavy atom. The number of aliphatic hydroxyl groups excluding tert-OH is 1. The van der Waals surface area contributed by atoms with E-state index in [4.69, 9.17) is 5.11 Å². The Bertz CT molecular complexity index is 445. The van der Waals surface area contributed by atoms with Crippen molar-refractivity contribution in [2.24, 2.45) is 0 Å². The highest BCUT2D eigenvalue weighted by molar-refractivity contribution is 7.19. The number of aromatic hydroxyl groups is 1. The molecule has 0 fully saturated rings. The van der Waals surface area contributed by atoms with E-state index in [0.717, 1.165) is 15.6 Å². The number of aliphatic hydroxyl groups is 1. The molecule has 2 nitrogen and oxygen atoms in total. The second-order valence-electron chi connectivity index (χ2n) is 3.05. The zero-order valence-corrected chi connectivity index (χ0v) is 8.06. The molecule has 0 aliphatic rings. The van der Waals surface area contributed by atoms with Crippen LogP contribution in [0.2, 0.25) is 0 Å². The number of rotatable bonds is 1. The zero-order valence-electron chi connectivity index (χ0n) is 7.24. The summed E-state index contributed by atoms with van der Waals surface area (Å²) >= 11 is 1.57. The lowest BCUT2D eigenvalue weighted by Gasteiger charge is -1.98. The molecule has 0 aliphatic heterocycles. The Kier molecular flexibility index (Phi) is 1.98. The van der Waals surface area contributed by atoms with Crippen LogP contribution in [-0.2, 0) is 6.61 Å². The Labute approximate surface area is 80.1 Å². The van der Waals surface area contributed by atoms with Gasteiger partial charge in [0.05, 0.1) is 11.3 Å². The van der Waals surface area contributed by atoms with Crippen LogP contribution in [0.5, 0.6) is 5.75 Å². The van der Waals surface area contributed by atoms with Crippen LogP contribution in [0, 0.1) is 6.92 Å². The third-order valence-electron chi connectivity index (χ3n) is 1.96. The van der Waals surface area contributed by atoms with Gasteiger partial charge in [0.1, 0.15) is 5.75 Å². The van der Waals surface area contributed by atoms with Gasteiger partial charge in [-0.1, -0.05) is 0 Å². The molecule has 1 aromatic heterocycles. The fourth-order valence-corrected chi connectivity index (χ4v) is 2.32. The summed E-state index contributed by atoms with van der Waals surface area (Å²) in [5.74, 6) is 0.264. The maximum absolute atomic E-state index is 9.60. The molecule has 0 saturated carbocycles. The monoisotopic (exact) mass is 194 g/mol. The maximum atomic E-state index is 9.60. The average Bonchev–Trinajstić information content (AvgIpc) is 2.46. The highest BCUT2D eigenvalue weighted by Crippen LogP contribution is 2.33. The number of hydrogen-bond donors (Lipinski definition) is 2. The number of phenolic OH excluding ortho intramolecular Hbond substituents is 1. The van der Waals surface area contributed by atoms with Gasteiger partial charge in [-0.3, -0.25) is 0 Å². The highest BCUT2D eigenvalue weighted by atomic mass is 32.1.